The molecule has 0 bridgehead atoms. The number of phenols is 1. The molecular weight excluding hydrogens is 244 g/mol. The van der Waals surface area contributed by atoms with E-state index in [1.807, 2.05) is 24.3 Å². The van der Waals surface area contributed by atoms with Crippen molar-refractivity contribution in [2.45, 2.75) is 0 Å². The minimum absolute atomic E-state index is 0.165. The van der Waals surface area contributed by atoms with Crippen LogP contribution in [0.4, 0.5) is 0 Å². The van der Waals surface area contributed by atoms with E-state index in [0.29, 0.717) is 5.75 Å². The predicted octanol–water partition coefficient (Wildman–Crippen LogP) is 3.32. The second kappa shape index (κ2) is 3.50. The Hall–Kier alpha value is -1.22. The molecule has 2 rings (SSSR count). The van der Waals surface area contributed by atoms with E-state index in [2.05, 4.69) is 15.9 Å². The van der Waals surface area contributed by atoms with Crippen LogP contribution in [0.15, 0.2) is 34.8 Å². The molecular formula is C11H9BrO2. The van der Waals surface area contributed by atoms with Crippen molar-refractivity contribution >= 4 is 26.7 Å². The molecule has 0 spiro atoms. The molecule has 0 aliphatic heterocycles. The molecule has 1 N–H and O–H groups in total. The van der Waals surface area contributed by atoms with Crippen LogP contribution in [0, 0.1) is 0 Å². The summed E-state index contributed by atoms with van der Waals surface area (Å²) in [4.78, 5) is 0. The lowest BCUT2D eigenvalue weighted by Gasteiger charge is -2.05. The highest BCUT2D eigenvalue weighted by atomic mass is 79.9. The second-order valence-electron chi connectivity index (χ2n) is 3.02. The lowest BCUT2D eigenvalue weighted by Crippen LogP contribution is -1.83. The highest BCUT2D eigenvalue weighted by molar-refractivity contribution is 9.10. The molecule has 14 heavy (non-hydrogen) atoms. The fraction of sp³-hybridized carbons (Fsp3) is 0.0909. The molecule has 72 valence electrons. The maximum absolute atomic E-state index is 9.56. The van der Waals surface area contributed by atoms with Gasteiger partial charge in [-0.25, -0.2) is 0 Å². The highest BCUT2D eigenvalue weighted by Crippen LogP contribution is 2.32. The van der Waals surface area contributed by atoms with E-state index in [-0.39, 0.29) is 5.75 Å². The summed E-state index contributed by atoms with van der Waals surface area (Å²) in [6, 6.07) is 9.39. The normalized spacial score (nSPS) is 10.4. The molecule has 0 aromatic heterocycles. The molecule has 0 saturated heterocycles. The Morgan fingerprint density at radius 2 is 1.93 bits per heavy atom. The molecule has 2 nitrogen and oxygen atoms in total. The third-order valence-electron chi connectivity index (χ3n) is 2.10. The lowest BCUT2D eigenvalue weighted by atomic mass is 10.1. The van der Waals surface area contributed by atoms with Gasteiger partial charge in [-0.3, -0.25) is 0 Å². The molecule has 0 unspecified atom stereocenters. The molecule has 0 heterocycles. The van der Waals surface area contributed by atoms with Crippen molar-refractivity contribution in [3.05, 3.63) is 34.8 Å². The summed E-state index contributed by atoms with van der Waals surface area (Å²) >= 11 is 3.38. The van der Waals surface area contributed by atoms with E-state index in [9.17, 15) is 5.11 Å². The maximum atomic E-state index is 9.56. The number of ether oxygens (including phenoxy) is 1. The zero-order chi connectivity index (χ0) is 10.1. The van der Waals surface area contributed by atoms with Gasteiger partial charge in [0.1, 0.15) is 0 Å². The highest BCUT2D eigenvalue weighted by Gasteiger charge is 2.03. The van der Waals surface area contributed by atoms with Gasteiger partial charge in [-0.15, -0.1) is 0 Å². The van der Waals surface area contributed by atoms with Crippen molar-refractivity contribution in [1.82, 2.24) is 0 Å². The predicted molar refractivity (Wildman–Crippen MR) is 59.9 cm³/mol. The number of aromatic hydroxyl groups is 1. The van der Waals surface area contributed by atoms with E-state index >= 15 is 0 Å². The zero-order valence-corrected chi connectivity index (χ0v) is 9.21. The van der Waals surface area contributed by atoms with Crippen LogP contribution >= 0.6 is 15.9 Å². The minimum atomic E-state index is 0.165. The first-order valence-electron chi connectivity index (χ1n) is 4.17. The third-order valence-corrected chi connectivity index (χ3v) is 2.59. The Labute approximate surface area is 90.3 Å². The van der Waals surface area contributed by atoms with Gasteiger partial charge in [0, 0.05) is 4.47 Å². The quantitative estimate of drug-likeness (QED) is 0.844. The number of halogens is 1. The first-order chi connectivity index (χ1) is 6.70. The van der Waals surface area contributed by atoms with Crippen LogP contribution in [0.5, 0.6) is 11.5 Å². The summed E-state index contributed by atoms with van der Waals surface area (Å²) < 4.78 is 6.02. The van der Waals surface area contributed by atoms with Gasteiger partial charge in [-0.05, 0) is 35.0 Å². The van der Waals surface area contributed by atoms with Crippen LogP contribution in [0.3, 0.4) is 0 Å². The monoisotopic (exact) mass is 252 g/mol. The summed E-state index contributed by atoms with van der Waals surface area (Å²) in [5.74, 6) is 0.665. The smallest absolute Gasteiger partial charge is 0.161 e. The second-order valence-corrected chi connectivity index (χ2v) is 3.93. The summed E-state index contributed by atoms with van der Waals surface area (Å²) in [6.07, 6.45) is 0. The number of phenolic OH excluding ortho intramolecular Hbond substituents is 1. The standard InChI is InChI=1S/C11H9BrO2/c1-14-11-6-7-2-3-9(12)4-8(7)5-10(11)13/h2-6,13H,1H3. The van der Waals surface area contributed by atoms with Crippen molar-refractivity contribution in [3.8, 4) is 11.5 Å². The molecule has 2 aromatic rings. The van der Waals surface area contributed by atoms with E-state index in [1.54, 1.807) is 13.2 Å². The third kappa shape index (κ3) is 1.55. The van der Waals surface area contributed by atoms with Gasteiger partial charge >= 0.3 is 0 Å². The fourth-order valence-electron chi connectivity index (χ4n) is 1.40. The molecule has 0 amide bonds. The van der Waals surface area contributed by atoms with Crippen LogP contribution < -0.4 is 4.74 Å². The van der Waals surface area contributed by atoms with Crippen LogP contribution in [-0.2, 0) is 0 Å². The van der Waals surface area contributed by atoms with Gasteiger partial charge in [-0.1, -0.05) is 22.0 Å². The fourth-order valence-corrected chi connectivity index (χ4v) is 1.78. The first kappa shape index (κ1) is 9.34. The number of hydrogen-bond acceptors (Lipinski definition) is 2. The number of hydrogen-bond donors (Lipinski definition) is 1. The van der Waals surface area contributed by atoms with Crippen LogP contribution in [0.2, 0.25) is 0 Å². The Bertz CT molecular complexity index is 480. The number of fused-ring (bicyclic) bond motifs is 1. The number of benzene rings is 2. The topological polar surface area (TPSA) is 29.5 Å². The minimum Gasteiger partial charge on any atom is -0.504 e. The molecule has 0 atom stereocenters. The molecule has 0 saturated carbocycles. The van der Waals surface area contributed by atoms with Crippen molar-refractivity contribution in [2.24, 2.45) is 0 Å². The SMILES string of the molecule is COc1cc2ccc(Br)cc2cc1O. The molecule has 0 radical (unpaired) electrons. The van der Waals surface area contributed by atoms with Crippen molar-refractivity contribution in [1.29, 1.82) is 0 Å². The van der Waals surface area contributed by atoms with Gasteiger partial charge < -0.3 is 9.84 Å². The van der Waals surface area contributed by atoms with Crippen molar-refractivity contribution in [3.63, 3.8) is 0 Å². The van der Waals surface area contributed by atoms with Gasteiger partial charge in [0.2, 0.25) is 0 Å². The average molecular weight is 253 g/mol. The summed E-state index contributed by atoms with van der Waals surface area (Å²) in [5.41, 5.74) is 0. The van der Waals surface area contributed by atoms with Gasteiger partial charge in [0.25, 0.3) is 0 Å². The van der Waals surface area contributed by atoms with Gasteiger partial charge in [0.05, 0.1) is 7.11 Å². The van der Waals surface area contributed by atoms with Crippen LogP contribution in [0.1, 0.15) is 0 Å². The largest absolute Gasteiger partial charge is 0.504 e. The summed E-state index contributed by atoms with van der Waals surface area (Å²) in [6.45, 7) is 0. The Morgan fingerprint density at radius 1 is 1.14 bits per heavy atom. The van der Waals surface area contributed by atoms with Crippen LogP contribution in [-0.4, -0.2) is 12.2 Å². The number of methoxy groups -OCH3 is 1. The zero-order valence-electron chi connectivity index (χ0n) is 7.62. The Kier molecular flexibility index (Phi) is 2.33. The average Bonchev–Trinajstić information content (AvgIpc) is 2.16. The van der Waals surface area contributed by atoms with Crippen molar-refractivity contribution < 1.29 is 9.84 Å². The van der Waals surface area contributed by atoms with Gasteiger partial charge in [-0.2, -0.15) is 0 Å². The van der Waals surface area contributed by atoms with E-state index in [1.165, 1.54) is 0 Å². The molecule has 0 aliphatic rings. The Morgan fingerprint density at radius 3 is 2.64 bits per heavy atom. The molecule has 0 aliphatic carbocycles. The van der Waals surface area contributed by atoms with Crippen LogP contribution in [0.25, 0.3) is 10.8 Å². The lowest BCUT2D eigenvalue weighted by molar-refractivity contribution is 0.374. The van der Waals surface area contributed by atoms with E-state index < -0.39 is 0 Å². The first-order valence-corrected chi connectivity index (χ1v) is 4.96. The Balaban J connectivity index is 2.73. The molecule has 3 heteroatoms. The number of rotatable bonds is 1. The van der Waals surface area contributed by atoms with Crippen molar-refractivity contribution in [2.75, 3.05) is 7.11 Å². The molecule has 0 fully saturated rings. The summed E-state index contributed by atoms with van der Waals surface area (Å²) in [5, 5.41) is 11.6. The molecule has 2 aromatic carbocycles. The van der Waals surface area contributed by atoms with E-state index in [0.717, 1.165) is 15.2 Å². The summed E-state index contributed by atoms with van der Waals surface area (Å²) in [7, 11) is 1.54. The van der Waals surface area contributed by atoms with Gasteiger partial charge in [0.15, 0.2) is 11.5 Å². The maximum Gasteiger partial charge on any atom is 0.161 e. The van der Waals surface area contributed by atoms with E-state index in [4.69, 9.17) is 4.74 Å².